The Kier molecular flexibility index (Phi) is 5.14. The van der Waals surface area contributed by atoms with Gasteiger partial charge < -0.3 is 10.2 Å². The lowest BCUT2D eigenvalue weighted by molar-refractivity contribution is -0.114. The molecule has 0 atom stereocenters. The molecule has 25 heavy (non-hydrogen) atoms. The number of anilines is 2. The lowest BCUT2D eigenvalue weighted by Gasteiger charge is -2.17. The largest absolute Gasteiger partial charge is 0.342 e. The van der Waals surface area contributed by atoms with E-state index in [1.807, 2.05) is 79.7 Å². The Bertz CT molecular complexity index is 853. The summed E-state index contributed by atoms with van der Waals surface area (Å²) >= 11 is 1.54. The lowest BCUT2D eigenvalue weighted by atomic mass is 10.1. The van der Waals surface area contributed by atoms with E-state index in [0.29, 0.717) is 0 Å². The fourth-order valence-electron chi connectivity index (χ4n) is 2.65. The van der Waals surface area contributed by atoms with E-state index in [9.17, 15) is 4.79 Å². The monoisotopic (exact) mass is 351 g/mol. The molecule has 3 rings (SSSR count). The van der Waals surface area contributed by atoms with Crippen LogP contribution in [0.25, 0.3) is 11.3 Å². The number of benzene rings is 2. The van der Waals surface area contributed by atoms with Crippen molar-refractivity contribution in [3.05, 3.63) is 65.0 Å². The average molecular weight is 351 g/mol. The van der Waals surface area contributed by atoms with E-state index < -0.39 is 0 Å². The van der Waals surface area contributed by atoms with Crippen LogP contribution in [0.2, 0.25) is 0 Å². The maximum Gasteiger partial charge on any atom is 0.243 e. The Morgan fingerprint density at radius 3 is 2.44 bits per heavy atom. The molecule has 0 saturated carbocycles. The second kappa shape index (κ2) is 7.49. The van der Waals surface area contributed by atoms with Gasteiger partial charge in [-0.05, 0) is 25.0 Å². The zero-order chi connectivity index (χ0) is 17.8. The summed E-state index contributed by atoms with van der Waals surface area (Å²) in [7, 11) is 1.89. The van der Waals surface area contributed by atoms with Gasteiger partial charge in [0.05, 0.1) is 12.2 Å². The van der Waals surface area contributed by atoms with E-state index in [2.05, 4.69) is 10.3 Å². The molecule has 0 aliphatic heterocycles. The van der Waals surface area contributed by atoms with Crippen molar-refractivity contribution in [2.45, 2.75) is 13.8 Å². The van der Waals surface area contributed by atoms with Gasteiger partial charge in [0.2, 0.25) is 5.91 Å². The van der Waals surface area contributed by atoms with Crippen LogP contribution in [0.5, 0.6) is 0 Å². The summed E-state index contributed by atoms with van der Waals surface area (Å²) in [4.78, 5) is 18.9. The van der Waals surface area contributed by atoms with E-state index in [0.717, 1.165) is 33.2 Å². The first-order valence-corrected chi connectivity index (χ1v) is 9.00. The van der Waals surface area contributed by atoms with Crippen LogP contribution in [-0.2, 0) is 4.79 Å². The minimum absolute atomic E-state index is 0.0450. The molecule has 1 amide bonds. The molecule has 0 aliphatic rings. The van der Waals surface area contributed by atoms with Crippen molar-refractivity contribution >= 4 is 28.1 Å². The Morgan fingerprint density at radius 2 is 1.76 bits per heavy atom. The zero-order valence-electron chi connectivity index (χ0n) is 14.6. The molecule has 0 bridgehead atoms. The number of nitrogens with zero attached hydrogens (tertiary/aromatic N) is 2. The quantitative estimate of drug-likeness (QED) is 0.736. The van der Waals surface area contributed by atoms with E-state index in [-0.39, 0.29) is 12.5 Å². The van der Waals surface area contributed by atoms with Gasteiger partial charge in [-0.1, -0.05) is 48.5 Å². The predicted octanol–water partition coefficient (Wildman–Crippen LogP) is 4.50. The van der Waals surface area contributed by atoms with Crippen LogP contribution in [0.15, 0.2) is 53.9 Å². The van der Waals surface area contributed by atoms with Crippen molar-refractivity contribution in [3.63, 3.8) is 0 Å². The van der Waals surface area contributed by atoms with Gasteiger partial charge in [-0.3, -0.25) is 4.79 Å². The van der Waals surface area contributed by atoms with Crippen molar-refractivity contribution < 1.29 is 4.79 Å². The number of para-hydroxylation sites is 1. The fraction of sp³-hybridized carbons (Fsp3) is 0.200. The van der Waals surface area contributed by atoms with Crippen molar-refractivity contribution in [3.8, 4) is 11.3 Å². The van der Waals surface area contributed by atoms with Gasteiger partial charge in [-0.2, -0.15) is 0 Å². The smallest absolute Gasteiger partial charge is 0.243 e. The molecule has 3 aromatic rings. The van der Waals surface area contributed by atoms with Crippen molar-refractivity contribution in [2.75, 3.05) is 23.8 Å². The maximum atomic E-state index is 12.4. The minimum atomic E-state index is -0.0450. The Morgan fingerprint density at radius 1 is 1.08 bits per heavy atom. The molecule has 5 heteroatoms. The summed E-state index contributed by atoms with van der Waals surface area (Å²) < 4.78 is 0. The number of aryl methyl sites for hydroxylation is 2. The highest BCUT2D eigenvalue weighted by atomic mass is 32.1. The van der Waals surface area contributed by atoms with Crippen LogP contribution in [0.3, 0.4) is 0 Å². The minimum Gasteiger partial charge on any atom is -0.342 e. The van der Waals surface area contributed by atoms with Crippen molar-refractivity contribution in [2.24, 2.45) is 0 Å². The molecule has 0 unspecified atom stereocenters. The van der Waals surface area contributed by atoms with Crippen LogP contribution in [0.4, 0.5) is 10.8 Å². The number of rotatable bonds is 5. The van der Waals surface area contributed by atoms with Crippen molar-refractivity contribution in [1.82, 2.24) is 4.98 Å². The van der Waals surface area contributed by atoms with Crippen LogP contribution in [0, 0.1) is 13.8 Å². The highest BCUT2D eigenvalue weighted by Gasteiger charge is 2.13. The van der Waals surface area contributed by atoms with Gasteiger partial charge in [0, 0.05) is 23.7 Å². The number of hydrogen-bond acceptors (Lipinski definition) is 4. The predicted molar refractivity (Wildman–Crippen MR) is 105 cm³/mol. The molecule has 0 fully saturated rings. The molecule has 0 radical (unpaired) electrons. The highest BCUT2D eigenvalue weighted by molar-refractivity contribution is 7.14. The number of amides is 1. The summed E-state index contributed by atoms with van der Waals surface area (Å²) in [5.41, 5.74) is 5.04. The normalized spacial score (nSPS) is 10.5. The van der Waals surface area contributed by atoms with Gasteiger partial charge >= 0.3 is 0 Å². The zero-order valence-corrected chi connectivity index (χ0v) is 15.4. The lowest BCUT2D eigenvalue weighted by Crippen LogP contribution is -2.30. The fourth-order valence-corrected chi connectivity index (χ4v) is 3.46. The third kappa shape index (κ3) is 4.06. The van der Waals surface area contributed by atoms with Gasteiger partial charge in [-0.25, -0.2) is 4.98 Å². The first kappa shape index (κ1) is 17.2. The molecular formula is C20H21N3OS. The second-order valence-electron chi connectivity index (χ2n) is 6.05. The molecule has 1 heterocycles. The molecule has 0 saturated heterocycles. The number of thiazole rings is 1. The standard InChI is InChI=1S/C20H21N3OS/c1-14-8-7-9-15(2)19(14)22-18(24)12-23(3)20-21-17(13-25-20)16-10-5-4-6-11-16/h4-11,13H,12H2,1-3H3,(H,22,24). The maximum absolute atomic E-state index is 12.4. The third-order valence-electron chi connectivity index (χ3n) is 4.01. The molecular weight excluding hydrogens is 330 g/mol. The summed E-state index contributed by atoms with van der Waals surface area (Å²) in [5, 5.41) is 5.86. The Hall–Kier alpha value is -2.66. The van der Waals surface area contributed by atoms with E-state index in [1.54, 1.807) is 11.3 Å². The van der Waals surface area contributed by atoms with Gasteiger partial charge in [0.25, 0.3) is 0 Å². The van der Waals surface area contributed by atoms with Crippen LogP contribution < -0.4 is 10.2 Å². The van der Waals surface area contributed by atoms with Crippen LogP contribution in [0.1, 0.15) is 11.1 Å². The highest BCUT2D eigenvalue weighted by Crippen LogP contribution is 2.26. The first-order chi connectivity index (χ1) is 12.0. The second-order valence-corrected chi connectivity index (χ2v) is 6.89. The number of aromatic nitrogens is 1. The topological polar surface area (TPSA) is 45.2 Å². The van der Waals surface area contributed by atoms with Crippen LogP contribution >= 0.6 is 11.3 Å². The molecule has 128 valence electrons. The van der Waals surface area contributed by atoms with Gasteiger partial charge in [0.1, 0.15) is 0 Å². The molecule has 0 spiro atoms. The van der Waals surface area contributed by atoms with E-state index >= 15 is 0 Å². The first-order valence-electron chi connectivity index (χ1n) is 8.13. The molecule has 4 nitrogen and oxygen atoms in total. The van der Waals surface area contributed by atoms with Crippen LogP contribution in [-0.4, -0.2) is 24.5 Å². The summed E-state index contributed by atoms with van der Waals surface area (Å²) in [5.74, 6) is -0.0450. The third-order valence-corrected chi connectivity index (χ3v) is 4.97. The molecule has 1 aromatic heterocycles. The molecule has 0 aliphatic carbocycles. The number of carbonyl (C=O) groups excluding carboxylic acids is 1. The summed E-state index contributed by atoms with van der Waals surface area (Å²) in [6, 6.07) is 16.0. The summed E-state index contributed by atoms with van der Waals surface area (Å²) in [6.45, 7) is 4.26. The average Bonchev–Trinajstić information content (AvgIpc) is 3.09. The molecule has 1 N–H and O–H groups in total. The number of nitrogens with one attached hydrogen (secondary N) is 1. The van der Waals surface area contributed by atoms with E-state index in [4.69, 9.17) is 0 Å². The number of carbonyl (C=O) groups is 1. The van der Waals surface area contributed by atoms with E-state index in [1.165, 1.54) is 0 Å². The Balaban J connectivity index is 1.67. The SMILES string of the molecule is Cc1cccc(C)c1NC(=O)CN(C)c1nc(-c2ccccc2)cs1. The summed E-state index contributed by atoms with van der Waals surface area (Å²) in [6.07, 6.45) is 0. The molecule has 2 aromatic carbocycles. The van der Waals surface area contributed by atoms with Crippen molar-refractivity contribution in [1.29, 1.82) is 0 Å². The van der Waals surface area contributed by atoms with Gasteiger partial charge in [-0.15, -0.1) is 11.3 Å². The Labute approximate surface area is 152 Å². The number of hydrogen-bond donors (Lipinski definition) is 1. The van der Waals surface area contributed by atoms with Gasteiger partial charge in [0.15, 0.2) is 5.13 Å². The number of likely N-dealkylation sites (N-methyl/N-ethyl adjacent to an activating group) is 1.